The molecule has 0 aliphatic heterocycles. The molecule has 0 bridgehead atoms. The van der Waals surface area contributed by atoms with Crippen molar-refractivity contribution in [1.29, 1.82) is 0 Å². The lowest BCUT2D eigenvalue weighted by atomic mass is 10.1. The number of halogens is 1. The van der Waals surface area contributed by atoms with Crippen LogP contribution in [0.5, 0.6) is 5.75 Å². The number of hydrogen-bond donors (Lipinski definition) is 1. The highest BCUT2D eigenvalue weighted by molar-refractivity contribution is 9.10. The molecule has 2 rings (SSSR count). The minimum absolute atomic E-state index is 0.297. The maximum atomic E-state index is 12.3. The Kier molecular flexibility index (Phi) is 6.20. The molecule has 2 aromatic carbocycles. The fraction of sp³-hybridized carbons (Fsp3) is 0.263. The first-order valence-electron chi connectivity index (χ1n) is 7.74. The molecule has 25 heavy (non-hydrogen) atoms. The number of anilines is 1. The Morgan fingerprint density at radius 1 is 1.12 bits per heavy atom. The standard InChI is InChI=1S/C19H20BrNO4/c1-11-5-8-17(12(2)9-11)21-18(22)13(3)25-19(23)15-10-14(24-4)6-7-16(15)20/h5-10,13H,1-4H3,(H,21,22)/t13-/m1/s1. The predicted octanol–water partition coefficient (Wildman–Crippen LogP) is 4.26. The summed E-state index contributed by atoms with van der Waals surface area (Å²) in [5.74, 6) is -0.462. The smallest absolute Gasteiger partial charge is 0.340 e. The number of aryl methyl sites for hydroxylation is 2. The van der Waals surface area contributed by atoms with Crippen molar-refractivity contribution in [2.75, 3.05) is 12.4 Å². The van der Waals surface area contributed by atoms with Crippen LogP contribution >= 0.6 is 15.9 Å². The molecule has 0 aliphatic carbocycles. The molecule has 0 fully saturated rings. The molecule has 0 saturated carbocycles. The van der Waals surface area contributed by atoms with Gasteiger partial charge in [-0.1, -0.05) is 17.7 Å². The van der Waals surface area contributed by atoms with Crippen molar-refractivity contribution in [2.24, 2.45) is 0 Å². The van der Waals surface area contributed by atoms with Gasteiger partial charge in [-0.25, -0.2) is 4.79 Å². The SMILES string of the molecule is COc1ccc(Br)c(C(=O)O[C@H](C)C(=O)Nc2ccc(C)cc2C)c1. The summed E-state index contributed by atoms with van der Waals surface area (Å²) in [6.45, 7) is 5.42. The summed E-state index contributed by atoms with van der Waals surface area (Å²) in [5.41, 5.74) is 3.05. The first kappa shape index (κ1) is 19.0. The van der Waals surface area contributed by atoms with Crippen molar-refractivity contribution in [2.45, 2.75) is 26.9 Å². The average Bonchev–Trinajstić information content (AvgIpc) is 2.57. The van der Waals surface area contributed by atoms with Crippen molar-refractivity contribution >= 4 is 33.5 Å². The second-order valence-electron chi connectivity index (χ2n) is 5.70. The van der Waals surface area contributed by atoms with Crippen molar-refractivity contribution in [1.82, 2.24) is 0 Å². The number of rotatable bonds is 5. The van der Waals surface area contributed by atoms with E-state index in [2.05, 4.69) is 21.2 Å². The lowest BCUT2D eigenvalue weighted by molar-refractivity contribution is -0.123. The van der Waals surface area contributed by atoms with Crippen LogP contribution in [0.4, 0.5) is 5.69 Å². The van der Waals surface area contributed by atoms with E-state index in [9.17, 15) is 9.59 Å². The van der Waals surface area contributed by atoms with E-state index in [1.54, 1.807) is 18.2 Å². The minimum Gasteiger partial charge on any atom is -0.497 e. The van der Waals surface area contributed by atoms with Crippen molar-refractivity contribution in [3.63, 3.8) is 0 Å². The quantitative estimate of drug-likeness (QED) is 0.754. The summed E-state index contributed by atoms with van der Waals surface area (Å²) >= 11 is 3.30. The number of carbonyl (C=O) groups excluding carboxylic acids is 2. The number of esters is 1. The monoisotopic (exact) mass is 405 g/mol. The third kappa shape index (κ3) is 4.82. The van der Waals surface area contributed by atoms with Crippen LogP contribution in [0.2, 0.25) is 0 Å². The molecule has 1 N–H and O–H groups in total. The second kappa shape index (κ2) is 8.16. The zero-order chi connectivity index (χ0) is 18.6. The summed E-state index contributed by atoms with van der Waals surface area (Å²) < 4.78 is 11.0. The lowest BCUT2D eigenvalue weighted by Gasteiger charge is -2.15. The van der Waals surface area contributed by atoms with Gasteiger partial charge in [0.1, 0.15) is 5.75 Å². The summed E-state index contributed by atoms with van der Waals surface area (Å²) in [5, 5.41) is 2.78. The molecule has 0 unspecified atom stereocenters. The number of benzene rings is 2. The van der Waals surface area contributed by atoms with E-state index < -0.39 is 12.1 Å². The van der Waals surface area contributed by atoms with Gasteiger partial charge in [0.05, 0.1) is 12.7 Å². The van der Waals surface area contributed by atoms with Gasteiger partial charge >= 0.3 is 5.97 Å². The fourth-order valence-corrected chi connectivity index (χ4v) is 2.66. The normalized spacial score (nSPS) is 11.6. The predicted molar refractivity (Wildman–Crippen MR) is 100 cm³/mol. The van der Waals surface area contributed by atoms with E-state index in [-0.39, 0.29) is 5.91 Å². The van der Waals surface area contributed by atoms with Crippen LogP contribution in [-0.4, -0.2) is 25.1 Å². The zero-order valence-corrected chi connectivity index (χ0v) is 16.1. The Labute approximate surface area is 155 Å². The topological polar surface area (TPSA) is 64.6 Å². The Balaban J connectivity index is 2.06. The molecular formula is C19H20BrNO4. The van der Waals surface area contributed by atoms with Gasteiger partial charge in [-0.15, -0.1) is 0 Å². The lowest BCUT2D eigenvalue weighted by Crippen LogP contribution is -2.30. The molecule has 2 aromatic rings. The number of amides is 1. The summed E-state index contributed by atoms with van der Waals surface area (Å²) in [6.07, 6.45) is -0.939. The van der Waals surface area contributed by atoms with Gasteiger partial charge in [0, 0.05) is 10.2 Å². The highest BCUT2D eigenvalue weighted by atomic mass is 79.9. The van der Waals surface area contributed by atoms with E-state index >= 15 is 0 Å². The van der Waals surface area contributed by atoms with Gasteiger partial charge in [0.2, 0.25) is 0 Å². The fourth-order valence-electron chi connectivity index (χ4n) is 2.25. The molecule has 132 valence electrons. The van der Waals surface area contributed by atoms with Gasteiger partial charge in [-0.2, -0.15) is 0 Å². The number of ether oxygens (including phenoxy) is 2. The van der Waals surface area contributed by atoms with Crippen LogP contribution < -0.4 is 10.1 Å². The van der Waals surface area contributed by atoms with Gasteiger partial charge in [0.25, 0.3) is 5.91 Å². The van der Waals surface area contributed by atoms with E-state index in [4.69, 9.17) is 9.47 Å². The molecule has 5 nitrogen and oxygen atoms in total. The molecule has 0 spiro atoms. The van der Waals surface area contributed by atoms with Crippen molar-refractivity contribution < 1.29 is 19.1 Å². The number of nitrogens with one attached hydrogen (secondary N) is 1. The summed E-state index contributed by atoms with van der Waals surface area (Å²) in [7, 11) is 1.51. The van der Waals surface area contributed by atoms with E-state index in [0.29, 0.717) is 21.5 Å². The highest BCUT2D eigenvalue weighted by Crippen LogP contribution is 2.24. The Morgan fingerprint density at radius 2 is 1.84 bits per heavy atom. The Morgan fingerprint density at radius 3 is 2.48 bits per heavy atom. The Bertz CT molecular complexity index is 804. The number of hydrogen-bond acceptors (Lipinski definition) is 4. The summed E-state index contributed by atoms with van der Waals surface area (Å²) in [4.78, 5) is 24.6. The average molecular weight is 406 g/mol. The Hall–Kier alpha value is -2.34. The van der Waals surface area contributed by atoms with Gasteiger partial charge in [0.15, 0.2) is 6.10 Å². The van der Waals surface area contributed by atoms with Gasteiger partial charge in [-0.05, 0) is 66.5 Å². The van der Waals surface area contributed by atoms with Crippen LogP contribution in [0, 0.1) is 13.8 Å². The molecule has 1 amide bonds. The highest BCUT2D eigenvalue weighted by Gasteiger charge is 2.21. The van der Waals surface area contributed by atoms with Crippen LogP contribution in [-0.2, 0) is 9.53 Å². The summed E-state index contributed by atoms with van der Waals surface area (Å²) in [6, 6.07) is 10.7. The molecule has 6 heteroatoms. The van der Waals surface area contributed by atoms with E-state index in [1.807, 2.05) is 32.0 Å². The van der Waals surface area contributed by atoms with Crippen LogP contribution in [0.1, 0.15) is 28.4 Å². The molecule has 0 aromatic heterocycles. The number of carbonyl (C=O) groups is 2. The minimum atomic E-state index is -0.939. The molecule has 0 aliphatic rings. The first-order chi connectivity index (χ1) is 11.8. The van der Waals surface area contributed by atoms with Crippen LogP contribution in [0.25, 0.3) is 0 Å². The van der Waals surface area contributed by atoms with Crippen LogP contribution in [0.15, 0.2) is 40.9 Å². The van der Waals surface area contributed by atoms with Crippen molar-refractivity contribution in [3.8, 4) is 5.75 Å². The van der Waals surface area contributed by atoms with Crippen molar-refractivity contribution in [3.05, 3.63) is 57.6 Å². The largest absolute Gasteiger partial charge is 0.497 e. The van der Waals surface area contributed by atoms with Crippen LogP contribution in [0.3, 0.4) is 0 Å². The molecule has 0 radical (unpaired) electrons. The van der Waals surface area contributed by atoms with Gasteiger partial charge in [-0.3, -0.25) is 4.79 Å². The first-order valence-corrected chi connectivity index (χ1v) is 8.53. The number of methoxy groups -OCH3 is 1. The second-order valence-corrected chi connectivity index (χ2v) is 6.56. The van der Waals surface area contributed by atoms with E-state index in [1.165, 1.54) is 14.0 Å². The van der Waals surface area contributed by atoms with E-state index in [0.717, 1.165) is 11.1 Å². The maximum Gasteiger partial charge on any atom is 0.340 e. The van der Waals surface area contributed by atoms with Gasteiger partial charge < -0.3 is 14.8 Å². The molecule has 1 atom stereocenters. The molecular weight excluding hydrogens is 386 g/mol. The zero-order valence-electron chi connectivity index (χ0n) is 14.6. The molecule has 0 saturated heterocycles. The molecule has 0 heterocycles. The maximum absolute atomic E-state index is 12.3. The third-order valence-electron chi connectivity index (χ3n) is 3.69. The third-order valence-corrected chi connectivity index (χ3v) is 4.38.